The number of aromatic nitrogens is 2. The normalized spacial score (nSPS) is 25.1. The van der Waals surface area contributed by atoms with Crippen LogP contribution in [0.3, 0.4) is 0 Å². The quantitative estimate of drug-likeness (QED) is 0.823. The number of nitrogens with two attached hydrogens (primary N) is 1. The maximum absolute atomic E-state index is 5.81. The van der Waals surface area contributed by atoms with Crippen LogP contribution in [0.2, 0.25) is 0 Å². The predicted molar refractivity (Wildman–Crippen MR) is 75.3 cm³/mol. The van der Waals surface area contributed by atoms with Gasteiger partial charge < -0.3 is 5.73 Å². The molecule has 0 aliphatic heterocycles. The second-order valence-electron chi connectivity index (χ2n) is 6.71. The molecular formula is C15H25N3. The summed E-state index contributed by atoms with van der Waals surface area (Å²) < 4.78 is 0. The lowest BCUT2D eigenvalue weighted by Gasteiger charge is -2.36. The minimum atomic E-state index is 0.428. The van der Waals surface area contributed by atoms with E-state index in [1.165, 1.54) is 25.7 Å². The molecule has 1 saturated carbocycles. The summed E-state index contributed by atoms with van der Waals surface area (Å²) in [7, 11) is 0. The molecule has 1 fully saturated rings. The number of anilines is 1. The summed E-state index contributed by atoms with van der Waals surface area (Å²) in [6, 6.07) is 1.84. The van der Waals surface area contributed by atoms with Gasteiger partial charge >= 0.3 is 0 Å². The molecule has 1 aliphatic carbocycles. The molecule has 0 amide bonds. The first-order chi connectivity index (χ1) is 8.36. The second kappa shape index (κ2) is 4.87. The molecule has 100 valence electrons. The number of aryl methyl sites for hydroxylation is 1. The van der Waals surface area contributed by atoms with Gasteiger partial charge in [-0.2, -0.15) is 0 Å². The summed E-state index contributed by atoms with van der Waals surface area (Å²) in [5.41, 5.74) is 7.22. The van der Waals surface area contributed by atoms with E-state index >= 15 is 0 Å². The zero-order chi connectivity index (χ0) is 13.3. The van der Waals surface area contributed by atoms with Crippen LogP contribution in [0, 0.1) is 18.3 Å². The molecule has 18 heavy (non-hydrogen) atoms. The van der Waals surface area contributed by atoms with Crippen molar-refractivity contribution >= 4 is 5.82 Å². The van der Waals surface area contributed by atoms with Crippen LogP contribution >= 0.6 is 0 Å². The molecule has 2 rings (SSSR count). The van der Waals surface area contributed by atoms with E-state index in [1.54, 1.807) is 0 Å². The third kappa shape index (κ3) is 3.01. The maximum Gasteiger partial charge on any atom is 0.134 e. The van der Waals surface area contributed by atoms with E-state index in [-0.39, 0.29) is 0 Å². The molecule has 1 aromatic heterocycles. The van der Waals surface area contributed by atoms with Gasteiger partial charge in [0.25, 0.3) is 0 Å². The van der Waals surface area contributed by atoms with Crippen LogP contribution in [0.5, 0.6) is 0 Å². The summed E-state index contributed by atoms with van der Waals surface area (Å²) in [5.74, 6) is 2.90. The Kier molecular flexibility index (Phi) is 3.60. The lowest BCUT2D eigenvalue weighted by molar-refractivity contribution is 0.167. The molecular weight excluding hydrogens is 222 g/mol. The van der Waals surface area contributed by atoms with Gasteiger partial charge in [0.1, 0.15) is 11.6 Å². The molecule has 0 unspecified atom stereocenters. The number of hydrogen-bond donors (Lipinski definition) is 1. The Morgan fingerprint density at radius 1 is 1.11 bits per heavy atom. The standard InChI is InChI=1S/C15H25N3/c1-10-9-13(16)18-14(17-10)11-5-7-12(8-6-11)15(2,3)4/h9,11-12H,5-8H2,1-4H3,(H2,16,17,18). The average Bonchev–Trinajstić information content (AvgIpc) is 2.27. The summed E-state index contributed by atoms with van der Waals surface area (Å²) >= 11 is 0. The van der Waals surface area contributed by atoms with Gasteiger partial charge in [-0.05, 0) is 43.9 Å². The van der Waals surface area contributed by atoms with E-state index < -0.39 is 0 Å². The van der Waals surface area contributed by atoms with Crippen molar-refractivity contribution in [3.8, 4) is 0 Å². The zero-order valence-corrected chi connectivity index (χ0v) is 12.0. The van der Waals surface area contributed by atoms with E-state index in [1.807, 2.05) is 13.0 Å². The molecule has 1 aliphatic rings. The molecule has 1 heterocycles. The predicted octanol–water partition coefficient (Wildman–Crippen LogP) is 3.69. The van der Waals surface area contributed by atoms with Crippen molar-refractivity contribution in [3.63, 3.8) is 0 Å². The van der Waals surface area contributed by atoms with Gasteiger partial charge in [-0.1, -0.05) is 20.8 Å². The smallest absolute Gasteiger partial charge is 0.134 e. The van der Waals surface area contributed by atoms with Gasteiger partial charge in [-0.25, -0.2) is 9.97 Å². The van der Waals surface area contributed by atoms with Crippen LogP contribution in [0.4, 0.5) is 5.82 Å². The highest BCUT2D eigenvalue weighted by Gasteiger charge is 2.31. The van der Waals surface area contributed by atoms with Gasteiger partial charge in [0.15, 0.2) is 0 Å². The first kappa shape index (κ1) is 13.3. The van der Waals surface area contributed by atoms with E-state index in [2.05, 4.69) is 30.7 Å². The molecule has 0 saturated heterocycles. The van der Waals surface area contributed by atoms with Gasteiger partial charge in [0.05, 0.1) is 0 Å². The third-order valence-electron chi connectivity index (χ3n) is 4.21. The zero-order valence-electron chi connectivity index (χ0n) is 12.0. The summed E-state index contributed by atoms with van der Waals surface area (Å²) in [4.78, 5) is 8.97. The number of rotatable bonds is 1. The Bertz CT molecular complexity index is 392. The Hall–Kier alpha value is -1.12. The maximum atomic E-state index is 5.81. The molecule has 3 heteroatoms. The van der Waals surface area contributed by atoms with E-state index in [0.29, 0.717) is 17.2 Å². The van der Waals surface area contributed by atoms with Crippen molar-refractivity contribution in [2.24, 2.45) is 11.3 Å². The fourth-order valence-corrected chi connectivity index (χ4v) is 3.02. The fourth-order valence-electron chi connectivity index (χ4n) is 3.02. The molecule has 0 aromatic carbocycles. The highest BCUT2D eigenvalue weighted by atomic mass is 14.9. The fraction of sp³-hybridized carbons (Fsp3) is 0.733. The number of nitrogen functional groups attached to an aromatic ring is 1. The molecule has 2 N–H and O–H groups in total. The van der Waals surface area contributed by atoms with E-state index in [9.17, 15) is 0 Å². The van der Waals surface area contributed by atoms with Gasteiger partial charge in [-0.3, -0.25) is 0 Å². The Labute approximate surface area is 110 Å². The van der Waals surface area contributed by atoms with Crippen molar-refractivity contribution in [3.05, 3.63) is 17.6 Å². The molecule has 0 radical (unpaired) electrons. The Morgan fingerprint density at radius 3 is 2.22 bits per heavy atom. The van der Waals surface area contributed by atoms with Crippen molar-refractivity contribution in [2.75, 3.05) is 5.73 Å². The monoisotopic (exact) mass is 247 g/mol. The average molecular weight is 247 g/mol. The van der Waals surface area contributed by atoms with Crippen molar-refractivity contribution in [2.45, 2.75) is 59.3 Å². The van der Waals surface area contributed by atoms with Crippen LogP contribution in [-0.2, 0) is 0 Å². The largest absolute Gasteiger partial charge is 0.384 e. The van der Waals surface area contributed by atoms with Crippen LogP contribution in [0.25, 0.3) is 0 Å². The van der Waals surface area contributed by atoms with Gasteiger partial charge in [-0.15, -0.1) is 0 Å². The summed E-state index contributed by atoms with van der Waals surface area (Å²) in [6.45, 7) is 9.03. The van der Waals surface area contributed by atoms with Crippen LogP contribution in [0.15, 0.2) is 6.07 Å². The molecule has 0 spiro atoms. The number of nitrogens with zero attached hydrogens (tertiary/aromatic N) is 2. The lowest BCUT2D eigenvalue weighted by Crippen LogP contribution is -2.26. The SMILES string of the molecule is Cc1cc(N)nc(C2CCC(C(C)(C)C)CC2)n1. The first-order valence-corrected chi connectivity index (χ1v) is 6.97. The highest BCUT2D eigenvalue weighted by molar-refractivity contribution is 5.30. The minimum absolute atomic E-state index is 0.428. The minimum Gasteiger partial charge on any atom is -0.384 e. The van der Waals surface area contributed by atoms with E-state index in [0.717, 1.165) is 17.4 Å². The van der Waals surface area contributed by atoms with Crippen molar-refractivity contribution < 1.29 is 0 Å². The molecule has 1 aromatic rings. The van der Waals surface area contributed by atoms with Gasteiger partial charge in [0.2, 0.25) is 0 Å². The Morgan fingerprint density at radius 2 is 1.72 bits per heavy atom. The first-order valence-electron chi connectivity index (χ1n) is 6.97. The summed E-state index contributed by atoms with van der Waals surface area (Å²) in [5, 5.41) is 0. The van der Waals surface area contributed by atoms with Gasteiger partial charge in [0, 0.05) is 17.7 Å². The topological polar surface area (TPSA) is 51.8 Å². The number of hydrogen-bond acceptors (Lipinski definition) is 3. The van der Waals surface area contributed by atoms with Crippen molar-refractivity contribution in [1.29, 1.82) is 0 Å². The molecule has 3 nitrogen and oxygen atoms in total. The summed E-state index contributed by atoms with van der Waals surface area (Å²) in [6.07, 6.45) is 4.96. The van der Waals surface area contributed by atoms with E-state index in [4.69, 9.17) is 5.73 Å². The second-order valence-corrected chi connectivity index (χ2v) is 6.71. The Balaban J connectivity index is 2.05. The van der Waals surface area contributed by atoms with Crippen LogP contribution < -0.4 is 5.73 Å². The van der Waals surface area contributed by atoms with Crippen LogP contribution in [0.1, 0.15) is 63.9 Å². The highest BCUT2D eigenvalue weighted by Crippen LogP contribution is 2.42. The van der Waals surface area contributed by atoms with Crippen LogP contribution in [-0.4, -0.2) is 9.97 Å². The van der Waals surface area contributed by atoms with Crippen molar-refractivity contribution in [1.82, 2.24) is 9.97 Å². The third-order valence-corrected chi connectivity index (χ3v) is 4.21. The molecule has 0 bridgehead atoms. The molecule has 0 atom stereocenters. The lowest BCUT2D eigenvalue weighted by atomic mass is 9.69.